The predicted molar refractivity (Wildman–Crippen MR) is 88.2 cm³/mol. The average Bonchev–Trinajstić information content (AvgIpc) is 3.11. The molecule has 0 bridgehead atoms. The zero-order valence-corrected chi connectivity index (χ0v) is 13.8. The van der Waals surface area contributed by atoms with E-state index in [1.165, 1.54) is 25.7 Å². The molecule has 1 aliphatic heterocycles. The van der Waals surface area contributed by atoms with E-state index in [1.807, 2.05) is 12.1 Å². The number of hydrogen-bond donors (Lipinski definition) is 1. The number of aliphatic hydroxyl groups is 1. The fourth-order valence-electron chi connectivity index (χ4n) is 4.10. The highest BCUT2D eigenvalue weighted by Gasteiger charge is 2.46. The first kappa shape index (κ1) is 15.6. The first-order valence-electron chi connectivity index (χ1n) is 7.99. The standard InChI is InChI=1S/C17H23Cl2NO/c18-14-6-5-13(15(19)12-14)11-16(21)17(7-1-2-8-17)20-9-3-4-10-20/h5-6,12,16,21H,1-4,7-11H2. The second-order valence-corrected chi connectivity index (χ2v) is 7.30. The van der Waals surface area contributed by atoms with Crippen molar-refractivity contribution < 1.29 is 5.11 Å². The molecule has 0 amide bonds. The molecule has 1 aliphatic carbocycles. The Balaban J connectivity index is 1.79. The molecule has 0 radical (unpaired) electrons. The Labute approximate surface area is 137 Å². The van der Waals surface area contributed by atoms with Gasteiger partial charge in [-0.2, -0.15) is 0 Å². The van der Waals surface area contributed by atoms with Gasteiger partial charge in [-0.25, -0.2) is 0 Å². The number of benzene rings is 1. The summed E-state index contributed by atoms with van der Waals surface area (Å²) < 4.78 is 0. The van der Waals surface area contributed by atoms with Crippen molar-refractivity contribution in [3.8, 4) is 0 Å². The van der Waals surface area contributed by atoms with Crippen LogP contribution >= 0.6 is 23.2 Å². The summed E-state index contributed by atoms with van der Waals surface area (Å²) in [6, 6.07) is 5.57. The normalized spacial score (nSPS) is 23.6. The van der Waals surface area contributed by atoms with E-state index in [9.17, 15) is 5.11 Å². The second-order valence-electron chi connectivity index (χ2n) is 6.46. The fraction of sp³-hybridized carbons (Fsp3) is 0.647. The fourth-order valence-corrected chi connectivity index (χ4v) is 4.58. The topological polar surface area (TPSA) is 23.5 Å². The van der Waals surface area contributed by atoms with E-state index in [0.717, 1.165) is 31.5 Å². The zero-order chi connectivity index (χ0) is 14.9. The highest BCUT2D eigenvalue weighted by atomic mass is 35.5. The van der Waals surface area contributed by atoms with Gasteiger partial charge in [0, 0.05) is 22.0 Å². The van der Waals surface area contributed by atoms with Crippen molar-refractivity contribution in [2.75, 3.05) is 13.1 Å². The van der Waals surface area contributed by atoms with Gasteiger partial charge in [-0.15, -0.1) is 0 Å². The van der Waals surface area contributed by atoms with E-state index in [0.29, 0.717) is 16.5 Å². The summed E-state index contributed by atoms with van der Waals surface area (Å²) in [5.41, 5.74) is 0.971. The molecule has 1 aromatic carbocycles. The van der Waals surface area contributed by atoms with E-state index in [-0.39, 0.29) is 11.6 Å². The number of likely N-dealkylation sites (tertiary alicyclic amines) is 1. The first-order valence-corrected chi connectivity index (χ1v) is 8.74. The Morgan fingerprint density at radius 3 is 2.38 bits per heavy atom. The molecule has 1 heterocycles. The van der Waals surface area contributed by atoms with E-state index in [2.05, 4.69) is 4.90 Å². The van der Waals surface area contributed by atoms with Gasteiger partial charge in [-0.3, -0.25) is 4.90 Å². The van der Waals surface area contributed by atoms with Gasteiger partial charge in [-0.1, -0.05) is 42.1 Å². The van der Waals surface area contributed by atoms with Crippen LogP contribution in [0, 0.1) is 0 Å². The number of nitrogens with zero attached hydrogens (tertiary/aromatic N) is 1. The van der Waals surface area contributed by atoms with E-state index >= 15 is 0 Å². The zero-order valence-electron chi connectivity index (χ0n) is 12.3. The Morgan fingerprint density at radius 2 is 1.76 bits per heavy atom. The average molecular weight is 328 g/mol. The summed E-state index contributed by atoms with van der Waals surface area (Å²) in [5, 5.41) is 12.3. The van der Waals surface area contributed by atoms with Gasteiger partial charge in [0.05, 0.1) is 6.10 Å². The van der Waals surface area contributed by atoms with Crippen LogP contribution in [0.5, 0.6) is 0 Å². The van der Waals surface area contributed by atoms with Crippen LogP contribution in [0.4, 0.5) is 0 Å². The lowest BCUT2D eigenvalue weighted by molar-refractivity contribution is -0.0171. The molecule has 0 spiro atoms. The number of aliphatic hydroxyl groups excluding tert-OH is 1. The van der Waals surface area contributed by atoms with Crippen molar-refractivity contribution in [2.45, 2.75) is 56.6 Å². The van der Waals surface area contributed by atoms with Crippen LogP contribution in [0.1, 0.15) is 44.1 Å². The van der Waals surface area contributed by atoms with E-state index < -0.39 is 0 Å². The maximum absolute atomic E-state index is 11.0. The Bertz CT molecular complexity index is 494. The molecule has 1 atom stereocenters. The van der Waals surface area contributed by atoms with Crippen LogP contribution in [0.3, 0.4) is 0 Å². The van der Waals surface area contributed by atoms with Gasteiger partial charge >= 0.3 is 0 Å². The smallest absolute Gasteiger partial charge is 0.0764 e. The van der Waals surface area contributed by atoms with Crippen molar-refractivity contribution in [1.29, 1.82) is 0 Å². The molecule has 3 rings (SSSR count). The van der Waals surface area contributed by atoms with Crippen LogP contribution in [0.15, 0.2) is 18.2 Å². The molecule has 4 heteroatoms. The Hall–Kier alpha value is -0.280. The maximum Gasteiger partial charge on any atom is 0.0764 e. The molecule has 1 aromatic rings. The molecule has 1 N–H and O–H groups in total. The van der Waals surface area contributed by atoms with Crippen LogP contribution in [-0.2, 0) is 6.42 Å². The van der Waals surface area contributed by atoms with Gasteiger partial charge in [0.15, 0.2) is 0 Å². The third kappa shape index (κ3) is 3.10. The highest BCUT2D eigenvalue weighted by molar-refractivity contribution is 6.35. The summed E-state index contributed by atoms with van der Waals surface area (Å²) in [6.07, 6.45) is 7.46. The van der Waals surface area contributed by atoms with Crippen LogP contribution in [0.25, 0.3) is 0 Å². The molecule has 21 heavy (non-hydrogen) atoms. The van der Waals surface area contributed by atoms with Crippen LogP contribution in [-0.4, -0.2) is 34.7 Å². The largest absolute Gasteiger partial charge is 0.391 e. The van der Waals surface area contributed by atoms with Gasteiger partial charge < -0.3 is 5.11 Å². The minimum absolute atomic E-state index is 0.0283. The van der Waals surface area contributed by atoms with Crippen molar-refractivity contribution >= 4 is 23.2 Å². The molecule has 2 aliphatic rings. The molecular weight excluding hydrogens is 305 g/mol. The molecule has 1 unspecified atom stereocenters. The van der Waals surface area contributed by atoms with E-state index in [4.69, 9.17) is 23.2 Å². The molecule has 1 saturated carbocycles. The van der Waals surface area contributed by atoms with Crippen LogP contribution < -0.4 is 0 Å². The quantitative estimate of drug-likeness (QED) is 0.890. The lowest BCUT2D eigenvalue weighted by atomic mass is 9.85. The van der Waals surface area contributed by atoms with Gasteiger partial charge in [0.1, 0.15) is 0 Å². The summed E-state index contributed by atoms with van der Waals surface area (Å²) >= 11 is 12.2. The number of halogens is 2. The molecule has 1 saturated heterocycles. The third-order valence-electron chi connectivity index (χ3n) is 5.25. The SMILES string of the molecule is OC(Cc1ccc(Cl)cc1Cl)C1(N2CCCC2)CCCC1. The number of hydrogen-bond acceptors (Lipinski definition) is 2. The highest BCUT2D eigenvalue weighted by Crippen LogP contribution is 2.41. The summed E-state index contributed by atoms with van der Waals surface area (Å²) in [7, 11) is 0. The summed E-state index contributed by atoms with van der Waals surface area (Å²) in [6.45, 7) is 2.26. The minimum atomic E-state index is -0.350. The summed E-state index contributed by atoms with van der Waals surface area (Å²) in [4.78, 5) is 2.54. The van der Waals surface area contributed by atoms with Crippen molar-refractivity contribution in [3.63, 3.8) is 0 Å². The maximum atomic E-state index is 11.0. The Kier molecular flexibility index (Phi) is 4.80. The van der Waals surface area contributed by atoms with Gasteiger partial charge in [0.2, 0.25) is 0 Å². The molecular formula is C17H23Cl2NO. The minimum Gasteiger partial charge on any atom is -0.391 e. The van der Waals surface area contributed by atoms with Gasteiger partial charge in [0.25, 0.3) is 0 Å². The van der Waals surface area contributed by atoms with Crippen molar-refractivity contribution in [2.24, 2.45) is 0 Å². The lowest BCUT2D eigenvalue weighted by Gasteiger charge is -2.43. The molecule has 2 nitrogen and oxygen atoms in total. The predicted octanol–water partition coefficient (Wildman–Crippen LogP) is 4.31. The van der Waals surface area contributed by atoms with Crippen LogP contribution in [0.2, 0.25) is 10.0 Å². The molecule has 2 fully saturated rings. The second kappa shape index (κ2) is 6.45. The van der Waals surface area contributed by atoms with E-state index in [1.54, 1.807) is 6.07 Å². The molecule has 0 aromatic heterocycles. The summed E-state index contributed by atoms with van der Waals surface area (Å²) in [5.74, 6) is 0. The Morgan fingerprint density at radius 1 is 1.10 bits per heavy atom. The van der Waals surface area contributed by atoms with Crippen molar-refractivity contribution in [3.05, 3.63) is 33.8 Å². The number of rotatable bonds is 4. The monoisotopic (exact) mass is 327 g/mol. The van der Waals surface area contributed by atoms with Gasteiger partial charge in [-0.05, 0) is 56.5 Å². The molecule has 116 valence electrons. The first-order chi connectivity index (χ1) is 10.1. The third-order valence-corrected chi connectivity index (χ3v) is 5.84. The van der Waals surface area contributed by atoms with Crippen molar-refractivity contribution in [1.82, 2.24) is 4.90 Å². The lowest BCUT2D eigenvalue weighted by Crippen LogP contribution is -2.54.